The van der Waals surface area contributed by atoms with Crippen LogP contribution in [0.1, 0.15) is 27.2 Å². The van der Waals surface area contributed by atoms with Gasteiger partial charge in [-0.3, -0.25) is 0 Å². The lowest BCUT2D eigenvalue weighted by Gasteiger charge is -2.15. The van der Waals surface area contributed by atoms with Crippen LogP contribution in [0.4, 0.5) is 0 Å². The van der Waals surface area contributed by atoms with E-state index in [1.165, 1.54) is 23.3 Å². The van der Waals surface area contributed by atoms with E-state index in [4.69, 9.17) is 0 Å². The predicted molar refractivity (Wildman–Crippen MR) is 76.7 cm³/mol. The summed E-state index contributed by atoms with van der Waals surface area (Å²) in [7, 11) is 0. The fourth-order valence-corrected chi connectivity index (χ4v) is 1.58. The highest BCUT2D eigenvalue weighted by atomic mass is 14.9. The highest BCUT2D eigenvalue weighted by Crippen LogP contribution is 2.17. The topological polar surface area (TPSA) is 12.0 Å². The van der Waals surface area contributed by atoms with Gasteiger partial charge >= 0.3 is 0 Å². The highest BCUT2D eigenvalue weighted by molar-refractivity contribution is 5.46. The van der Waals surface area contributed by atoms with Crippen LogP contribution in [0.15, 0.2) is 59.9 Å². The molecule has 0 saturated carbocycles. The van der Waals surface area contributed by atoms with E-state index in [0.717, 1.165) is 6.54 Å². The molecule has 0 amide bonds. The molecule has 1 N–H and O–H groups in total. The maximum atomic E-state index is 3.78. The van der Waals surface area contributed by atoms with Gasteiger partial charge in [0.2, 0.25) is 0 Å². The first-order valence-corrected chi connectivity index (χ1v) is 6.30. The molecular weight excluding hydrogens is 206 g/mol. The van der Waals surface area contributed by atoms with Crippen LogP contribution >= 0.6 is 0 Å². The molecule has 1 aliphatic heterocycles. The van der Waals surface area contributed by atoms with Crippen LogP contribution in [0.2, 0.25) is 0 Å². The maximum Gasteiger partial charge on any atom is 0.0403 e. The summed E-state index contributed by atoms with van der Waals surface area (Å²) in [6, 6.07) is 0. The van der Waals surface area contributed by atoms with Crippen molar-refractivity contribution in [3.63, 3.8) is 0 Å². The molecule has 17 heavy (non-hydrogen) atoms. The molecule has 1 heterocycles. The van der Waals surface area contributed by atoms with Crippen molar-refractivity contribution in [2.75, 3.05) is 6.54 Å². The lowest BCUT2D eigenvalue weighted by molar-refractivity contribution is 0.697. The third-order valence-electron chi connectivity index (χ3n) is 3.01. The fraction of sp³-hybridized carbons (Fsp3) is 0.375. The summed E-state index contributed by atoms with van der Waals surface area (Å²) in [6.45, 7) is 11.2. The minimum atomic E-state index is 0.623. The van der Waals surface area contributed by atoms with Gasteiger partial charge in [-0.05, 0) is 30.1 Å². The molecule has 0 aromatic rings. The second kappa shape index (κ2) is 6.95. The van der Waals surface area contributed by atoms with Gasteiger partial charge < -0.3 is 5.32 Å². The number of hydrogen-bond acceptors (Lipinski definition) is 1. The Morgan fingerprint density at radius 3 is 2.82 bits per heavy atom. The van der Waals surface area contributed by atoms with Crippen LogP contribution in [0.25, 0.3) is 0 Å². The summed E-state index contributed by atoms with van der Waals surface area (Å²) in [5.74, 6) is 0.623. The van der Waals surface area contributed by atoms with Crippen molar-refractivity contribution < 1.29 is 0 Å². The zero-order valence-corrected chi connectivity index (χ0v) is 11.2. The normalized spacial score (nSPS) is 18.4. The Kier molecular flexibility index (Phi) is 5.55. The van der Waals surface area contributed by atoms with Crippen LogP contribution in [0, 0.1) is 5.92 Å². The molecule has 1 atom stereocenters. The molecule has 0 spiro atoms. The van der Waals surface area contributed by atoms with Gasteiger partial charge in [-0.2, -0.15) is 0 Å². The predicted octanol–water partition coefficient (Wildman–Crippen LogP) is 4.13. The van der Waals surface area contributed by atoms with Crippen molar-refractivity contribution in [3.05, 3.63) is 59.9 Å². The zero-order valence-electron chi connectivity index (χ0n) is 11.2. The lowest BCUT2D eigenvalue weighted by atomic mass is 9.99. The van der Waals surface area contributed by atoms with Gasteiger partial charge in [0.05, 0.1) is 0 Å². The highest BCUT2D eigenvalue weighted by Gasteiger charge is 2.05. The quantitative estimate of drug-likeness (QED) is 0.699. The molecule has 0 aromatic heterocycles. The third-order valence-corrected chi connectivity index (χ3v) is 3.01. The monoisotopic (exact) mass is 229 g/mol. The first kappa shape index (κ1) is 13.6. The number of hydrogen-bond donors (Lipinski definition) is 1. The third kappa shape index (κ3) is 4.48. The molecule has 0 bridgehead atoms. The van der Waals surface area contributed by atoms with E-state index >= 15 is 0 Å². The smallest absolute Gasteiger partial charge is 0.0403 e. The van der Waals surface area contributed by atoms with E-state index in [9.17, 15) is 0 Å². The van der Waals surface area contributed by atoms with E-state index in [1.807, 2.05) is 6.08 Å². The van der Waals surface area contributed by atoms with Crippen LogP contribution < -0.4 is 5.32 Å². The van der Waals surface area contributed by atoms with Gasteiger partial charge in [0.15, 0.2) is 0 Å². The first-order valence-electron chi connectivity index (χ1n) is 6.30. The molecule has 0 aliphatic carbocycles. The Bertz CT molecular complexity index is 380. The lowest BCUT2D eigenvalue weighted by Crippen LogP contribution is -2.18. The number of dihydropyridines is 1. The fourth-order valence-electron chi connectivity index (χ4n) is 1.58. The van der Waals surface area contributed by atoms with Gasteiger partial charge in [-0.25, -0.2) is 0 Å². The van der Waals surface area contributed by atoms with Crippen LogP contribution in [-0.4, -0.2) is 6.54 Å². The Balaban J connectivity index is 2.84. The van der Waals surface area contributed by atoms with Crippen molar-refractivity contribution in [1.29, 1.82) is 0 Å². The molecule has 0 aromatic carbocycles. The number of allylic oxidation sites excluding steroid dienone is 7. The van der Waals surface area contributed by atoms with E-state index in [-0.39, 0.29) is 0 Å². The number of rotatable bonds is 5. The summed E-state index contributed by atoms with van der Waals surface area (Å²) in [5.41, 5.74) is 3.78. The summed E-state index contributed by atoms with van der Waals surface area (Å²) in [6.07, 6.45) is 13.9. The summed E-state index contributed by atoms with van der Waals surface area (Å²) in [5, 5.41) is 3.36. The minimum absolute atomic E-state index is 0.623. The van der Waals surface area contributed by atoms with Gasteiger partial charge in [0.25, 0.3) is 0 Å². The summed E-state index contributed by atoms with van der Waals surface area (Å²) >= 11 is 0. The maximum absolute atomic E-state index is 3.78. The van der Waals surface area contributed by atoms with Crippen LogP contribution in [0.5, 0.6) is 0 Å². The average molecular weight is 229 g/mol. The van der Waals surface area contributed by atoms with Crippen molar-refractivity contribution in [3.8, 4) is 0 Å². The van der Waals surface area contributed by atoms with Crippen molar-refractivity contribution in [2.24, 2.45) is 5.92 Å². The van der Waals surface area contributed by atoms with E-state index < -0.39 is 0 Å². The summed E-state index contributed by atoms with van der Waals surface area (Å²) < 4.78 is 0. The van der Waals surface area contributed by atoms with Gasteiger partial charge in [0, 0.05) is 12.2 Å². The number of nitrogens with one attached hydrogen (secondary N) is 1. The Morgan fingerprint density at radius 1 is 1.53 bits per heavy atom. The van der Waals surface area contributed by atoms with Crippen LogP contribution in [0.3, 0.4) is 0 Å². The van der Waals surface area contributed by atoms with Crippen molar-refractivity contribution in [1.82, 2.24) is 5.32 Å². The first-order chi connectivity index (χ1) is 8.17. The Labute approximate surface area is 105 Å². The molecule has 0 radical (unpaired) electrons. The van der Waals surface area contributed by atoms with Crippen LogP contribution in [-0.2, 0) is 0 Å². The molecule has 1 heteroatoms. The molecule has 1 rings (SSSR count). The molecule has 0 fully saturated rings. The SMILES string of the molecule is C=C/C=C(\C=C/C(C)CC)C1=CC=C(C)NC1. The van der Waals surface area contributed by atoms with Gasteiger partial charge in [0.1, 0.15) is 0 Å². The van der Waals surface area contributed by atoms with E-state index in [1.54, 1.807) is 0 Å². The molecule has 1 nitrogen and oxygen atoms in total. The van der Waals surface area contributed by atoms with Crippen molar-refractivity contribution >= 4 is 0 Å². The molecule has 92 valence electrons. The largest absolute Gasteiger partial charge is 0.384 e. The average Bonchev–Trinajstić information content (AvgIpc) is 2.35. The van der Waals surface area contributed by atoms with E-state index in [0.29, 0.717) is 5.92 Å². The Morgan fingerprint density at radius 2 is 2.29 bits per heavy atom. The van der Waals surface area contributed by atoms with Crippen molar-refractivity contribution in [2.45, 2.75) is 27.2 Å². The Hall–Kier alpha value is -1.50. The zero-order chi connectivity index (χ0) is 12.7. The molecular formula is C16H23N. The molecule has 0 saturated heterocycles. The van der Waals surface area contributed by atoms with Gasteiger partial charge in [-0.1, -0.05) is 57.2 Å². The summed E-state index contributed by atoms with van der Waals surface area (Å²) in [4.78, 5) is 0. The van der Waals surface area contributed by atoms with E-state index in [2.05, 4.69) is 63.0 Å². The van der Waals surface area contributed by atoms with Gasteiger partial charge in [-0.15, -0.1) is 0 Å². The molecule has 1 unspecified atom stereocenters. The minimum Gasteiger partial charge on any atom is -0.384 e. The standard InChI is InChI=1S/C16H23N/c1-5-7-15(10-8-13(3)6-2)16-11-9-14(4)17-12-16/h5,7-11,13,17H,1,6,12H2,2-4H3/b10-8-,15-7+. The molecule has 1 aliphatic rings. The second-order valence-electron chi connectivity index (χ2n) is 4.50. The second-order valence-corrected chi connectivity index (χ2v) is 4.50.